The van der Waals surface area contributed by atoms with Gasteiger partial charge in [0.1, 0.15) is 5.82 Å². The molecule has 4 rings (SSSR count). The van der Waals surface area contributed by atoms with Crippen LogP contribution in [0.1, 0.15) is 12.0 Å². The van der Waals surface area contributed by atoms with Gasteiger partial charge in [-0.15, -0.1) is 0 Å². The van der Waals surface area contributed by atoms with Crippen molar-refractivity contribution in [1.29, 1.82) is 0 Å². The Morgan fingerprint density at radius 1 is 1.10 bits per heavy atom. The number of thiophene rings is 1. The molecular weight excluding hydrogens is 430 g/mol. The van der Waals surface area contributed by atoms with E-state index < -0.39 is 10.0 Å². The molecule has 31 heavy (non-hydrogen) atoms. The highest BCUT2D eigenvalue weighted by molar-refractivity contribution is 7.88. The molecule has 0 saturated carbocycles. The number of anilines is 1. The highest BCUT2D eigenvalue weighted by Crippen LogP contribution is 2.26. The summed E-state index contributed by atoms with van der Waals surface area (Å²) >= 11 is 1.61. The fraction of sp³-hybridized carbons (Fsp3) is 0.227. The summed E-state index contributed by atoms with van der Waals surface area (Å²) in [7, 11) is -3.33. The molecule has 3 heterocycles. The number of nitrogens with zero attached hydrogens (tertiary/aromatic N) is 4. The first-order valence-corrected chi connectivity index (χ1v) is 12.7. The van der Waals surface area contributed by atoms with Crippen molar-refractivity contribution in [1.82, 2.24) is 19.3 Å². The Kier molecular flexibility index (Phi) is 6.55. The van der Waals surface area contributed by atoms with Crippen LogP contribution in [0.25, 0.3) is 22.3 Å². The summed E-state index contributed by atoms with van der Waals surface area (Å²) in [4.78, 5) is 13.5. The third kappa shape index (κ3) is 5.43. The molecule has 4 aromatic rings. The van der Waals surface area contributed by atoms with E-state index in [0.29, 0.717) is 31.9 Å². The number of rotatable bonds is 9. The smallest absolute Gasteiger partial charge is 0.211 e. The Morgan fingerprint density at radius 3 is 2.71 bits per heavy atom. The summed E-state index contributed by atoms with van der Waals surface area (Å²) in [5.41, 5.74) is 2.72. The number of hydrogen-bond donors (Lipinski definition) is 1. The zero-order valence-corrected chi connectivity index (χ0v) is 18.7. The molecule has 7 nitrogen and oxygen atoms in total. The van der Waals surface area contributed by atoms with Gasteiger partial charge in [0, 0.05) is 48.4 Å². The number of benzene rings is 1. The Morgan fingerprint density at radius 2 is 1.97 bits per heavy atom. The molecule has 0 atom stereocenters. The predicted octanol–water partition coefficient (Wildman–Crippen LogP) is 4.02. The first-order chi connectivity index (χ1) is 15.0. The second-order valence-electron chi connectivity index (χ2n) is 7.16. The highest BCUT2D eigenvalue weighted by Gasteiger charge is 2.17. The van der Waals surface area contributed by atoms with Crippen molar-refractivity contribution in [3.05, 3.63) is 71.2 Å². The van der Waals surface area contributed by atoms with Gasteiger partial charge < -0.3 is 5.32 Å². The Hall–Kier alpha value is -2.88. The summed E-state index contributed by atoms with van der Waals surface area (Å²) < 4.78 is 25.9. The fourth-order valence-corrected chi connectivity index (χ4v) is 4.73. The molecule has 0 spiro atoms. The molecule has 0 amide bonds. The van der Waals surface area contributed by atoms with E-state index in [0.717, 1.165) is 27.8 Å². The lowest BCUT2D eigenvalue weighted by molar-refractivity contribution is 0.406. The molecule has 1 N–H and O–H groups in total. The Balaban J connectivity index is 1.46. The van der Waals surface area contributed by atoms with Gasteiger partial charge >= 0.3 is 0 Å². The number of pyridine rings is 1. The summed E-state index contributed by atoms with van der Waals surface area (Å²) in [6.45, 7) is 1.30. The first kappa shape index (κ1) is 21.4. The molecule has 0 fully saturated rings. The maximum absolute atomic E-state index is 12.2. The van der Waals surface area contributed by atoms with Crippen molar-refractivity contribution in [2.24, 2.45) is 0 Å². The van der Waals surface area contributed by atoms with Gasteiger partial charge in [0.25, 0.3) is 0 Å². The SMILES string of the molecule is CS(=O)(=O)N(CCCNc1nc(-c2ccsc2)nc2ccccc12)Cc1cccnc1. The quantitative estimate of drug-likeness (QED) is 0.385. The monoisotopic (exact) mass is 453 g/mol. The van der Waals surface area contributed by atoms with Gasteiger partial charge in [0.2, 0.25) is 10.0 Å². The van der Waals surface area contributed by atoms with E-state index in [9.17, 15) is 8.42 Å². The lowest BCUT2D eigenvalue weighted by Crippen LogP contribution is -2.31. The van der Waals surface area contributed by atoms with Crippen molar-refractivity contribution >= 4 is 38.1 Å². The minimum atomic E-state index is -3.33. The van der Waals surface area contributed by atoms with Crippen LogP contribution in [0.15, 0.2) is 65.6 Å². The normalized spacial score (nSPS) is 11.8. The maximum Gasteiger partial charge on any atom is 0.211 e. The third-order valence-corrected chi connectivity index (χ3v) is 6.74. The maximum atomic E-state index is 12.2. The van der Waals surface area contributed by atoms with Crippen LogP contribution < -0.4 is 5.32 Å². The van der Waals surface area contributed by atoms with Gasteiger partial charge in [-0.2, -0.15) is 15.6 Å². The van der Waals surface area contributed by atoms with Crippen molar-refractivity contribution in [3.63, 3.8) is 0 Å². The molecule has 0 bridgehead atoms. The van der Waals surface area contributed by atoms with Gasteiger partial charge in [-0.1, -0.05) is 18.2 Å². The molecule has 9 heteroatoms. The molecule has 0 aliphatic heterocycles. The summed E-state index contributed by atoms with van der Waals surface area (Å²) in [5.74, 6) is 1.43. The van der Waals surface area contributed by atoms with Crippen LogP contribution in [0.5, 0.6) is 0 Å². The zero-order valence-electron chi connectivity index (χ0n) is 17.1. The van der Waals surface area contributed by atoms with Gasteiger partial charge in [-0.05, 0) is 41.6 Å². The highest BCUT2D eigenvalue weighted by atomic mass is 32.2. The van der Waals surface area contributed by atoms with Crippen molar-refractivity contribution in [3.8, 4) is 11.4 Å². The summed E-state index contributed by atoms with van der Waals surface area (Å²) in [6, 6.07) is 13.6. The molecular formula is C22H23N5O2S2. The molecule has 0 unspecified atom stereocenters. The summed E-state index contributed by atoms with van der Waals surface area (Å²) in [6.07, 6.45) is 5.24. The number of sulfonamides is 1. The number of hydrogen-bond acceptors (Lipinski definition) is 7. The molecule has 0 aliphatic rings. The summed E-state index contributed by atoms with van der Waals surface area (Å²) in [5, 5.41) is 8.35. The standard InChI is InChI=1S/C22H23N5O2S2/c1-31(28,29)27(15-17-6-4-10-23-14-17)12-5-11-24-22-19-7-2-3-8-20(19)25-21(26-22)18-9-13-30-16-18/h2-4,6-10,13-14,16H,5,11-12,15H2,1H3,(H,24,25,26). The van der Waals surface area contributed by atoms with E-state index in [1.165, 1.54) is 10.6 Å². The average Bonchev–Trinajstić information content (AvgIpc) is 3.30. The molecule has 0 radical (unpaired) electrons. The largest absolute Gasteiger partial charge is 0.369 e. The first-order valence-electron chi connectivity index (χ1n) is 9.88. The second-order valence-corrected chi connectivity index (χ2v) is 9.93. The fourth-order valence-electron chi connectivity index (χ4n) is 3.25. The number of fused-ring (bicyclic) bond motifs is 1. The number of nitrogens with one attached hydrogen (secondary N) is 1. The second kappa shape index (κ2) is 9.51. The minimum absolute atomic E-state index is 0.311. The van der Waals surface area contributed by atoms with Crippen LogP contribution in [-0.4, -0.2) is 47.0 Å². The van der Waals surface area contributed by atoms with E-state index >= 15 is 0 Å². The molecule has 0 aliphatic carbocycles. The van der Waals surface area contributed by atoms with Crippen molar-refractivity contribution in [2.75, 3.05) is 24.7 Å². The number of para-hydroxylation sites is 1. The average molecular weight is 454 g/mol. The van der Waals surface area contributed by atoms with E-state index in [1.807, 2.05) is 53.2 Å². The van der Waals surface area contributed by atoms with Crippen molar-refractivity contribution < 1.29 is 8.42 Å². The third-order valence-electron chi connectivity index (χ3n) is 4.81. The molecule has 160 valence electrons. The van der Waals surface area contributed by atoms with E-state index in [4.69, 9.17) is 4.98 Å². The van der Waals surface area contributed by atoms with Gasteiger partial charge in [0.15, 0.2) is 5.82 Å². The lowest BCUT2D eigenvalue weighted by atomic mass is 10.2. The topological polar surface area (TPSA) is 88.1 Å². The lowest BCUT2D eigenvalue weighted by Gasteiger charge is -2.20. The van der Waals surface area contributed by atoms with Crippen LogP contribution in [0.2, 0.25) is 0 Å². The van der Waals surface area contributed by atoms with Crippen molar-refractivity contribution in [2.45, 2.75) is 13.0 Å². The van der Waals surface area contributed by atoms with Crippen LogP contribution in [-0.2, 0) is 16.6 Å². The number of aromatic nitrogens is 3. The van der Waals surface area contributed by atoms with Crippen LogP contribution in [0.4, 0.5) is 5.82 Å². The Labute approximate surface area is 185 Å². The van der Waals surface area contributed by atoms with Crippen LogP contribution in [0.3, 0.4) is 0 Å². The molecule has 1 aromatic carbocycles. The van der Waals surface area contributed by atoms with Crippen LogP contribution in [0, 0.1) is 0 Å². The van der Waals surface area contributed by atoms with E-state index in [-0.39, 0.29) is 0 Å². The minimum Gasteiger partial charge on any atom is -0.369 e. The zero-order chi connectivity index (χ0) is 21.7. The van der Waals surface area contributed by atoms with E-state index in [2.05, 4.69) is 15.3 Å². The van der Waals surface area contributed by atoms with Crippen LogP contribution >= 0.6 is 11.3 Å². The molecule has 0 saturated heterocycles. The van der Waals surface area contributed by atoms with Gasteiger partial charge in [-0.3, -0.25) is 4.98 Å². The molecule has 3 aromatic heterocycles. The van der Waals surface area contributed by atoms with Gasteiger partial charge in [0.05, 0.1) is 11.8 Å². The predicted molar refractivity (Wildman–Crippen MR) is 125 cm³/mol. The Bertz CT molecular complexity index is 1250. The van der Waals surface area contributed by atoms with Gasteiger partial charge in [-0.25, -0.2) is 18.4 Å². The van der Waals surface area contributed by atoms with E-state index in [1.54, 1.807) is 23.7 Å².